The smallest absolute Gasteiger partial charge is 0.323 e. The summed E-state index contributed by atoms with van der Waals surface area (Å²) >= 11 is 0.936. The van der Waals surface area contributed by atoms with E-state index in [1.165, 1.54) is 18.2 Å². The Hall–Kier alpha value is -3.39. The largest absolute Gasteiger partial charge is 0.375 e. The maximum Gasteiger partial charge on any atom is 0.375 e. The molecule has 4 rings (SSSR count). The van der Waals surface area contributed by atoms with Crippen LogP contribution in [0.2, 0.25) is 0 Å². The maximum atomic E-state index is 14.2. The first-order valence-corrected chi connectivity index (χ1v) is 9.12. The molecule has 0 unspecified atom stereocenters. The molecule has 2 aromatic carbocycles. The van der Waals surface area contributed by atoms with Crippen molar-refractivity contribution in [2.24, 2.45) is 0 Å². The van der Waals surface area contributed by atoms with Gasteiger partial charge in [0, 0.05) is 5.56 Å². The molecule has 2 heterocycles. The zero-order valence-electron chi connectivity index (χ0n) is 14.9. The molecule has 1 aromatic heterocycles. The minimum Gasteiger partial charge on any atom is -0.323 e. The van der Waals surface area contributed by atoms with E-state index in [2.05, 4.69) is 4.98 Å². The van der Waals surface area contributed by atoms with Gasteiger partial charge in [0.2, 0.25) is 0 Å². The topological polar surface area (TPSA) is 76.6 Å². The molecule has 6 nitrogen and oxygen atoms in total. The molecule has 3 aromatic rings. The number of carbonyl (C=O) groups excluding carboxylic acids is 3. The summed E-state index contributed by atoms with van der Waals surface area (Å²) in [5.74, 6) is -2.76. The first-order valence-electron chi connectivity index (χ1n) is 8.31. The molecule has 1 aliphatic rings. The van der Waals surface area contributed by atoms with Crippen molar-refractivity contribution in [3.63, 3.8) is 0 Å². The van der Waals surface area contributed by atoms with Crippen LogP contribution in [0.15, 0.2) is 42.5 Å². The summed E-state index contributed by atoms with van der Waals surface area (Å²) in [6.07, 6.45) is 0. The summed E-state index contributed by atoms with van der Waals surface area (Å²) in [5, 5.41) is 0.752. The quantitative estimate of drug-likeness (QED) is 0.627. The predicted molar refractivity (Wildman–Crippen MR) is 99.3 cm³/mol. The highest BCUT2D eigenvalue weighted by Crippen LogP contribution is 2.31. The molecule has 140 valence electrons. The number of carbonyl (C=O) groups is 3. The maximum absolute atomic E-state index is 14.2. The van der Waals surface area contributed by atoms with E-state index in [1.54, 1.807) is 38.1 Å². The molecule has 1 aliphatic heterocycles. The van der Waals surface area contributed by atoms with Crippen LogP contribution < -0.4 is 0 Å². The lowest BCUT2D eigenvalue weighted by molar-refractivity contribution is -0.0581. The third-order valence-electron chi connectivity index (χ3n) is 4.27. The predicted octanol–water partition coefficient (Wildman–Crippen LogP) is 3.93. The second-order valence-corrected chi connectivity index (χ2v) is 7.24. The average molecular weight is 396 g/mol. The number of imide groups is 1. The third kappa shape index (κ3) is 2.87. The van der Waals surface area contributed by atoms with Crippen molar-refractivity contribution >= 4 is 29.1 Å². The Balaban J connectivity index is 1.61. The number of amides is 2. The lowest BCUT2D eigenvalue weighted by Gasteiger charge is -2.11. The average Bonchev–Trinajstić information content (AvgIpc) is 3.16. The fourth-order valence-corrected chi connectivity index (χ4v) is 3.83. The van der Waals surface area contributed by atoms with Gasteiger partial charge >= 0.3 is 5.97 Å². The molecular formula is C20H13FN2O4S. The van der Waals surface area contributed by atoms with Gasteiger partial charge in [-0.05, 0) is 43.7 Å². The summed E-state index contributed by atoms with van der Waals surface area (Å²) in [5.41, 5.74) is 1.69. The van der Waals surface area contributed by atoms with E-state index < -0.39 is 23.6 Å². The van der Waals surface area contributed by atoms with Crippen LogP contribution in [-0.4, -0.2) is 27.8 Å². The van der Waals surface area contributed by atoms with Crippen molar-refractivity contribution in [3.8, 4) is 10.6 Å². The lowest BCUT2D eigenvalue weighted by Crippen LogP contribution is -2.32. The standard InChI is InChI=1S/C20H13FN2O4S/c1-10-7-8-14(15(21)9-10)17-22-11(2)16(28-17)20(26)27-23-18(24)12-5-3-4-6-13(12)19(23)25/h3-9H,1-2H3. The van der Waals surface area contributed by atoms with Gasteiger partial charge in [-0.2, -0.15) is 0 Å². The number of hydrogen-bond donors (Lipinski definition) is 0. The van der Waals surface area contributed by atoms with E-state index in [0.717, 1.165) is 16.9 Å². The van der Waals surface area contributed by atoms with E-state index in [0.29, 0.717) is 15.8 Å². The zero-order valence-corrected chi connectivity index (χ0v) is 15.7. The molecule has 0 aliphatic carbocycles. The minimum absolute atomic E-state index is 0.0894. The second-order valence-electron chi connectivity index (χ2n) is 6.25. The van der Waals surface area contributed by atoms with Crippen molar-refractivity contribution in [2.75, 3.05) is 0 Å². The molecule has 0 saturated heterocycles. The van der Waals surface area contributed by atoms with E-state index in [1.807, 2.05) is 0 Å². The molecule has 0 spiro atoms. The summed E-state index contributed by atoms with van der Waals surface area (Å²) in [7, 11) is 0. The van der Waals surface area contributed by atoms with Crippen LogP contribution in [0.3, 0.4) is 0 Å². The van der Waals surface area contributed by atoms with Crippen molar-refractivity contribution in [1.29, 1.82) is 0 Å². The molecule has 28 heavy (non-hydrogen) atoms. The van der Waals surface area contributed by atoms with Crippen LogP contribution in [0.4, 0.5) is 4.39 Å². The molecule has 2 amide bonds. The van der Waals surface area contributed by atoms with Gasteiger partial charge in [0.05, 0.1) is 16.8 Å². The van der Waals surface area contributed by atoms with Gasteiger partial charge in [-0.25, -0.2) is 14.2 Å². The van der Waals surface area contributed by atoms with Gasteiger partial charge < -0.3 is 4.84 Å². The number of hydrogen-bond acceptors (Lipinski definition) is 6. The first-order chi connectivity index (χ1) is 13.4. The Kier molecular flexibility index (Phi) is 4.27. The van der Waals surface area contributed by atoms with Gasteiger partial charge in [0.25, 0.3) is 11.8 Å². The monoisotopic (exact) mass is 396 g/mol. The Morgan fingerprint density at radius 1 is 1.04 bits per heavy atom. The van der Waals surface area contributed by atoms with Crippen molar-refractivity contribution in [2.45, 2.75) is 13.8 Å². The van der Waals surface area contributed by atoms with E-state index in [4.69, 9.17) is 4.84 Å². The van der Waals surface area contributed by atoms with Crippen LogP contribution in [0.5, 0.6) is 0 Å². The third-order valence-corrected chi connectivity index (χ3v) is 5.44. The fraction of sp³-hybridized carbons (Fsp3) is 0.100. The molecule has 0 saturated carbocycles. The van der Waals surface area contributed by atoms with Crippen molar-refractivity contribution in [3.05, 3.63) is 75.5 Å². The number of nitrogens with zero attached hydrogens (tertiary/aromatic N) is 2. The van der Waals surface area contributed by atoms with E-state index >= 15 is 0 Å². The van der Waals surface area contributed by atoms with Crippen LogP contribution in [0, 0.1) is 19.7 Å². The number of aromatic nitrogens is 1. The normalized spacial score (nSPS) is 13.0. The lowest BCUT2D eigenvalue weighted by atomic mass is 10.1. The summed E-state index contributed by atoms with van der Waals surface area (Å²) in [6.45, 7) is 3.34. The number of fused-ring (bicyclic) bond motifs is 1. The van der Waals surface area contributed by atoms with Crippen LogP contribution in [-0.2, 0) is 4.84 Å². The van der Waals surface area contributed by atoms with E-state index in [9.17, 15) is 18.8 Å². The second kappa shape index (κ2) is 6.65. The summed E-state index contributed by atoms with van der Waals surface area (Å²) < 4.78 is 14.2. The molecule has 0 N–H and O–H groups in total. The van der Waals surface area contributed by atoms with Crippen LogP contribution in [0.1, 0.15) is 41.6 Å². The molecular weight excluding hydrogens is 383 g/mol. The minimum atomic E-state index is -0.900. The van der Waals surface area contributed by atoms with Gasteiger partial charge in [0.1, 0.15) is 15.7 Å². The Bertz CT molecular complexity index is 1120. The van der Waals surface area contributed by atoms with Crippen LogP contribution in [0.25, 0.3) is 10.6 Å². The molecule has 0 atom stereocenters. The van der Waals surface area contributed by atoms with Gasteiger partial charge in [-0.3, -0.25) is 9.59 Å². The van der Waals surface area contributed by atoms with Gasteiger partial charge in [0.15, 0.2) is 0 Å². The SMILES string of the molecule is Cc1ccc(-c2nc(C)c(C(=O)ON3C(=O)c4ccccc4C3=O)s2)c(F)c1. The summed E-state index contributed by atoms with van der Waals surface area (Å²) in [4.78, 5) is 46.6. The van der Waals surface area contributed by atoms with Crippen molar-refractivity contribution < 1.29 is 23.6 Å². The first kappa shape index (κ1) is 18.0. The highest BCUT2D eigenvalue weighted by Gasteiger charge is 2.39. The highest BCUT2D eigenvalue weighted by molar-refractivity contribution is 7.17. The summed E-state index contributed by atoms with van der Waals surface area (Å²) in [6, 6.07) is 10.9. The van der Waals surface area contributed by atoms with Gasteiger partial charge in [-0.15, -0.1) is 11.3 Å². The van der Waals surface area contributed by atoms with Crippen molar-refractivity contribution in [1.82, 2.24) is 10.0 Å². The Morgan fingerprint density at radius 3 is 2.29 bits per heavy atom. The van der Waals surface area contributed by atoms with Crippen LogP contribution >= 0.6 is 11.3 Å². The number of halogens is 1. The molecule has 0 fully saturated rings. The Labute approximate surface area is 163 Å². The number of rotatable bonds is 3. The molecule has 8 heteroatoms. The van der Waals surface area contributed by atoms with Gasteiger partial charge in [-0.1, -0.05) is 23.3 Å². The number of benzene rings is 2. The zero-order chi connectivity index (χ0) is 20.0. The highest BCUT2D eigenvalue weighted by atomic mass is 32.1. The van der Waals surface area contributed by atoms with E-state index in [-0.39, 0.29) is 21.6 Å². The fourth-order valence-electron chi connectivity index (χ4n) is 2.87. The molecule has 0 radical (unpaired) electrons. The Morgan fingerprint density at radius 2 is 1.68 bits per heavy atom. The number of thiazole rings is 1. The molecule has 0 bridgehead atoms. The number of aryl methyl sites for hydroxylation is 2. The number of hydroxylamine groups is 2.